The molecular weight excluding hydrogens is 262 g/mol. The fraction of sp³-hybridized carbons (Fsp3) is 0.765. The minimum atomic E-state index is 0.196. The summed E-state index contributed by atoms with van der Waals surface area (Å²) in [6.45, 7) is 7.56. The maximum absolute atomic E-state index is 5.90. The highest BCUT2D eigenvalue weighted by Crippen LogP contribution is 2.53. The molecule has 1 saturated carbocycles. The quantitative estimate of drug-likeness (QED) is 0.908. The molecule has 114 valence electrons. The van der Waals surface area contributed by atoms with Crippen molar-refractivity contribution in [1.82, 2.24) is 9.97 Å². The van der Waals surface area contributed by atoms with Gasteiger partial charge < -0.3 is 10.1 Å². The number of aromatic nitrogens is 2. The van der Waals surface area contributed by atoms with Gasteiger partial charge in [0.2, 0.25) is 0 Å². The van der Waals surface area contributed by atoms with Crippen molar-refractivity contribution in [2.24, 2.45) is 11.3 Å². The fourth-order valence-corrected chi connectivity index (χ4v) is 4.60. The van der Waals surface area contributed by atoms with Crippen molar-refractivity contribution in [2.75, 3.05) is 11.9 Å². The van der Waals surface area contributed by atoms with Crippen molar-refractivity contribution in [3.05, 3.63) is 17.1 Å². The lowest BCUT2D eigenvalue weighted by Crippen LogP contribution is -2.63. The van der Waals surface area contributed by atoms with E-state index in [1.54, 1.807) is 0 Å². The van der Waals surface area contributed by atoms with Gasteiger partial charge in [0.1, 0.15) is 11.6 Å². The summed E-state index contributed by atoms with van der Waals surface area (Å²) in [6.07, 6.45) is 6.35. The van der Waals surface area contributed by atoms with E-state index in [1.807, 2.05) is 6.92 Å². The summed E-state index contributed by atoms with van der Waals surface area (Å²) in [7, 11) is 0. The molecule has 4 heteroatoms. The average Bonchev–Trinajstić information content (AvgIpc) is 2.91. The Balaban J connectivity index is 1.64. The topological polar surface area (TPSA) is 47.0 Å². The average molecular weight is 287 g/mol. The number of rotatable bonds is 2. The molecule has 1 aromatic heterocycles. The summed E-state index contributed by atoms with van der Waals surface area (Å²) in [5.74, 6) is 2.64. The second-order valence-corrected chi connectivity index (χ2v) is 7.44. The molecule has 3 aliphatic rings. The number of nitrogens with one attached hydrogen (secondary N) is 1. The number of hydrogen-bond donors (Lipinski definition) is 1. The second-order valence-electron chi connectivity index (χ2n) is 7.44. The summed E-state index contributed by atoms with van der Waals surface area (Å²) in [5.41, 5.74) is 2.83. The van der Waals surface area contributed by atoms with E-state index in [-0.39, 0.29) is 5.41 Å². The molecule has 0 aromatic carbocycles. The van der Waals surface area contributed by atoms with E-state index in [0.29, 0.717) is 18.1 Å². The first kappa shape index (κ1) is 13.5. The van der Waals surface area contributed by atoms with Crippen LogP contribution in [0.25, 0.3) is 0 Å². The maximum atomic E-state index is 5.90. The van der Waals surface area contributed by atoms with Gasteiger partial charge in [-0.1, -0.05) is 13.8 Å². The zero-order chi connectivity index (χ0) is 14.6. The van der Waals surface area contributed by atoms with Crippen molar-refractivity contribution in [1.29, 1.82) is 0 Å². The first-order valence-corrected chi connectivity index (χ1v) is 8.32. The van der Waals surface area contributed by atoms with Gasteiger partial charge in [-0.2, -0.15) is 0 Å². The molecule has 0 spiro atoms. The standard InChI is InChI=1S/C17H25N3O/c1-10-18-13-7-5-4-6-11(13)16(19-10)20-14-12-8-9-21-15(12)17(14,2)3/h12,14-15H,4-9H2,1-3H3,(H,18,19,20). The monoisotopic (exact) mass is 287 g/mol. The van der Waals surface area contributed by atoms with E-state index >= 15 is 0 Å². The molecule has 2 fully saturated rings. The number of aryl methyl sites for hydroxylation is 2. The van der Waals surface area contributed by atoms with Crippen LogP contribution in [0.2, 0.25) is 0 Å². The van der Waals surface area contributed by atoms with Crippen molar-refractivity contribution in [2.45, 2.75) is 65.0 Å². The Hall–Kier alpha value is -1.16. The Kier molecular flexibility index (Phi) is 3.00. The Morgan fingerprint density at radius 3 is 2.86 bits per heavy atom. The largest absolute Gasteiger partial charge is 0.377 e. The van der Waals surface area contributed by atoms with E-state index in [0.717, 1.165) is 31.1 Å². The van der Waals surface area contributed by atoms with E-state index in [4.69, 9.17) is 9.72 Å². The Morgan fingerprint density at radius 1 is 1.19 bits per heavy atom. The van der Waals surface area contributed by atoms with Gasteiger partial charge in [0.25, 0.3) is 0 Å². The third kappa shape index (κ3) is 1.99. The number of nitrogens with zero attached hydrogens (tertiary/aromatic N) is 2. The molecule has 2 heterocycles. The van der Waals surface area contributed by atoms with Crippen molar-refractivity contribution in [3.8, 4) is 0 Å². The summed E-state index contributed by atoms with van der Waals surface area (Å²) in [5, 5.41) is 3.78. The van der Waals surface area contributed by atoms with Crippen LogP contribution in [0.15, 0.2) is 0 Å². The SMILES string of the molecule is Cc1nc2c(c(NC3C4CCOC4C3(C)C)n1)CCCC2. The normalized spacial score (nSPS) is 33.0. The molecule has 0 amide bonds. The molecule has 0 radical (unpaired) electrons. The molecule has 21 heavy (non-hydrogen) atoms. The molecule has 4 rings (SSSR count). The van der Waals surface area contributed by atoms with Gasteiger partial charge in [-0.05, 0) is 39.0 Å². The first-order valence-electron chi connectivity index (χ1n) is 8.32. The van der Waals surface area contributed by atoms with Crippen molar-refractivity contribution in [3.63, 3.8) is 0 Å². The van der Waals surface area contributed by atoms with Crippen molar-refractivity contribution >= 4 is 5.82 Å². The summed E-state index contributed by atoms with van der Waals surface area (Å²) < 4.78 is 5.90. The Labute approximate surface area is 126 Å². The molecule has 1 aliphatic heterocycles. The van der Waals surface area contributed by atoms with Gasteiger partial charge in [0.15, 0.2) is 0 Å². The first-order chi connectivity index (χ1) is 10.1. The summed E-state index contributed by atoms with van der Waals surface area (Å²) in [6, 6.07) is 0.477. The van der Waals surface area contributed by atoms with E-state index in [1.165, 1.54) is 30.5 Å². The summed E-state index contributed by atoms with van der Waals surface area (Å²) >= 11 is 0. The zero-order valence-corrected chi connectivity index (χ0v) is 13.3. The van der Waals surface area contributed by atoms with Gasteiger partial charge >= 0.3 is 0 Å². The van der Waals surface area contributed by atoms with Crippen LogP contribution in [0.3, 0.4) is 0 Å². The highest BCUT2D eigenvalue weighted by atomic mass is 16.5. The fourth-order valence-electron chi connectivity index (χ4n) is 4.60. The van der Waals surface area contributed by atoms with Crippen LogP contribution in [0, 0.1) is 18.3 Å². The van der Waals surface area contributed by atoms with E-state index in [2.05, 4.69) is 24.1 Å². The predicted molar refractivity (Wildman–Crippen MR) is 82.4 cm³/mol. The van der Waals surface area contributed by atoms with Gasteiger partial charge in [-0.3, -0.25) is 0 Å². The Bertz CT molecular complexity index is 569. The second kappa shape index (κ2) is 4.67. The minimum Gasteiger partial charge on any atom is -0.377 e. The van der Waals surface area contributed by atoms with Crippen LogP contribution in [0.1, 0.15) is 50.2 Å². The third-order valence-corrected chi connectivity index (χ3v) is 5.69. The molecule has 3 unspecified atom stereocenters. The van der Waals surface area contributed by atoms with Crippen LogP contribution in [0.4, 0.5) is 5.82 Å². The van der Waals surface area contributed by atoms with Gasteiger partial charge in [-0.25, -0.2) is 9.97 Å². The highest BCUT2D eigenvalue weighted by Gasteiger charge is 2.59. The summed E-state index contributed by atoms with van der Waals surface area (Å²) in [4.78, 5) is 9.38. The minimum absolute atomic E-state index is 0.196. The van der Waals surface area contributed by atoms with E-state index < -0.39 is 0 Å². The van der Waals surface area contributed by atoms with Gasteiger partial charge in [0, 0.05) is 35.2 Å². The number of ether oxygens (including phenoxy) is 1. The lowest BCUT2D eigenvalue weighted by molar-refractivity contribution is -0.0924. The van der Waals surface area contributed by atoms with Gasteiger partial charge in [0.05, 0.1) is 6.10 Å². The van der Waals surface area contributed by atoms with E-state index in [9.17, 15) is 0 Å². The highest BCUT2D eigenvalue weighted by molar-refractivity contribution is 5.50. The number of anilines is 1. The molecule has 4 nitrogen and oxygen atoms in total. The lowest BCUT2D eigenvalue weighted by Gasteiger charge is -2.55. The van der Waals surface area contributed by atoms with Crippen LogP contribution in [0.5, 0.6) is 0 Å². The van der Waals surface area contributed by atoms with Crippen LogP contribution in [-0.4, -0.2) is 28.7 Å². The predicted octanol–water partition coefficient (Wildman–Crippen LogP) is 2.89. The van der Waals surface area contributed by atoms with Crippen LogP contribution in [-0.2, 0) is 17.6 Å². The molecule has 3 atom stereocenters. The Morgan fingerprint density at radius 2 is 2.00 bits per heavy atom. The number of hydrogen-bond acceptors (Lipinski definition) is 4. The van der Waals surface area contributed by atoms with Gasteiger partial charge in [-0.15, -0.1) is 0 Å². The lowest BCUT2D eigenvalue weighted by atomic mass is 9.57. The zero-order valence-electron chi connectivity index (χ0n) is 13.3. The molecule has 1 saturated heterocycles. The molecular formula is C17H25N3O. The number of fused-ring (bicyclic) bond motifs is 2. The molecule has 1 N–H and O–H groups in total. The van der Waals surface area contributed by atoms with Crippen molar-refractivity contribution < 1.29 is 4.74 Å². The molecule has 1 aromatic rings. The van der Waals surface area contributed by atoms with Crippen LogP contribution < -0.4 is 5.32 Å². The van der Waals surface area contributed by atoms with Crippen LogP contribution >= 0.6 is 0 Å². The third-order valence-electron chi connectivity index (χ3n) is 5.69. The maximum Gasteiger partial charge on any atom is 0.133 e. The molecule has 0 bridgehead atoms. The molecule has 2 aliphatic carbocycles. The smallest absolute Gasteiger partial charge is 0.133 e.